The minimum absolute atomic E-state index is 0.0254. The number of thioether (sulfide) groups is 1. The lowest BCUT2D eigenvalue weighted by Crippen LogP contribution is -2.36. The van der Waals surface area contributed by atoms with Crippen molar-refractivity contribution in [2.45, 2.75) is 24.2 Å². The van der Waals surface area contributed by atoms with Gasteiger partial charge in [0.05, 0.1) is 12.3 Å². The number of anilines is 1. The quantitative estimate of drug-likeness (QED) is 0.685. The van der Waals surface area contributed by atoms with Crippen LogP contribution in [-0.2, 0) is 9.59 Å². The molecule has 2 amide bonds. The zero-order valence-electron chi connectivity index (χ0n) is 15.5. The zero-order chi connectivity index (χ0) is 19.8. The monoisotopic (exact) mass is 402 g/mol. The summed E-state index contributed by atoms with van der Waals surface area (Å²) >= 11 is 1.75. The Morgan fingerprint density at radius 3 is 2.71 bits per heavy atom. The number of carbonyl (C=O) groups is 2. The first-order chi connectivity index (χ1) is 13.6. The van der Waals surface area contributed by atoms with Crippen LogP contribution in [-0.4, -0.2) is 37.3 Å². The van der Waals surface area contributed by atoms with Crippen LogP contribution < -0.4 is 15.0 Å². The molecule has 2 aromatic rings. The summed E-state index contributed by atoms with van der Waals surface area (Å²) in [5.74, 6) is 0.986. The Kier molecular flexibility index (Phi) is 7.31. The predicted molar refractivity (Wildman–Crippen MR) is 108 cm³/mol. The smallest absolute Gasteiger partial charge is 0.227 e. The van der Waals surface area contributed by atoms with E-state index in [1.165, 1.54) is 12.1 Å². The van der Waals surface area contributed by atoms with E-state index in [9.17, 15) is 14.0 Å². The second-order valence-corrected chi connectivity index (χ2v) is 7.50. The highest BCUT2D eigenvalue weighted by Gasteiger charge is 2.22. The number of hydrogen-bond donors (Lipinski definition) is 1. The Morgan fingerprint density at radius 1 is 1.11 bits per heavy atom. The van der Waals surface area contributed by atoms with Gasteiger partial charge in [-0.05, 0) is 42.8 Å². The van der Waals surface area contributed by atoms with Gasteiger partial charge in [-0.3, -0.25) is 9.59 Å². The van der Waals surface area contributed by atoms with Crippen molar-refractivity contribution in [1.82, 2.24) is 5.32 Å². The molecule has 148 valence electrons. The van der Waals surface area contributed by atoms with E-state index >= 15 is 0 Å². The number of nitrogens with zero attached hydrogens (tertiary/aromatic N) is 1. The molecular weight excluding hydrogens is 379 g/mol. The Balaban J connectivity index is 1.33. The number of para-hydroxylation sites is 1. The van der Waals surface area contributed by atoms with Crippen molar-refractivity contribution in [3.05, 3.63) is 54.3 Å². The zero-order valence-corrected chi connectivity index (χ0v) is 16.3. The van der Waals surface area contributed by atoms with Gasteiger partial charge in [-0.15, -0.1) is 11.8 Å². The van der Waals surface area contributed by atoms with E-state index in [2.05, 4.69) is 5.32 Å². The van der Waals surface area contributed by atoms with Crippen molar-refractivity contribution < 1.29 is 18.7 Å². The van der Waals surface area contributed by atoms with Crippen molar-refractivity contribution in [3.8, 4) is 5.75 Å². The number of rotatable bonds is 8. The van der Waals surface area contributed by atoms with Crippen molar-refractivity contribution in [1.29, 1.82) is 0 Å². The molecule has 0 fully saturated rings. The standard InChI is InChI=1S/C21H23FN2O3S/c22-16-6-8-17(9-7-16)27-14-3-12-23-20(25)10-11-21(26)24-13-15-28-19-5-2-1-4-18(19)24/h1-2,4-9H,3,10-15H2,(H,23,25). The van der Waals surface area contributed by atoms with Gasteiger partial charge in [-0.25, -0.2) is 4.39 Å². The van der Waals surface area contributed by atoms with E-state index in [1.807, 2.05) is 24.3 Å². The van der Waals surface area contributed by atoms with Gasteiger partial charge in [0.1, 0.15) is 11.6 Å². The van der Waals surface area contributed by atoms with Crippen molar-refractivity contribution in [3.63, 3.8) is 0 Å². The summed E-state index contributed by atoms with van der Waals surface area (Å²) < 4.78 is 18.3. The van der Waals surface area contributed by atoms with Crippen LogP contribution in [0.1, 0.15) is 19.3 Å². The van der Waals surface area contributed by atoms with Crippen LogP contribution in [0.25, 0.3) is 0 Å². The lowest BCUT2D eigenvalue weighted by Gasteiger charge is -2.29. The molecule has 2 aromatic carbocycles. The van der Waals surface area contributed by atoms with E-state index in [0.29, 0.717) is 31.9 Å². The fourth-order valence-electron chi connectivity index (χ4n) is 2.89. The van der Waals surface area contributed by atoms with Gasteiger partial charge >= 0.3 is 0 Å². The number of amides is 2. The molecule has 1 heterocycles. The maximum atomic E-state index is 12.8. The third kappa shape index (κ3) is 5.73. The third-order valence-electron chi connectivity index (χ3n) is 4.32. The summed E-state index contributed by atoms with van der Waals surface area (Å²) in [6, 6.07) is 13.7. The van der Waals surface area contributed by atoms with Crippen LogP contribution in [0.3, 0.4) is 0 Å². The molecule has 3 rings (SSSR count). The van der Waals surface area contributed by atoms with E-state index in [4.69, 9.17) is 4.74 Å². The summed E-state index contributed by atoms with van der Waals surface area (Å²) in [5, 5.41) is 2.80. The van der Waals surface area contributed by atoms with Crippen LogP contribution in [0.4, 0.5) is 10.1 Å². The molecule has 0 spiro atoms. The normalized spacial score (nSPS) is 13.0. The molecule has 1 N–H and O–H groups in total. The summed E-state index contributed by atoms with van der Waals surface area (Å²) in [4.78, 5) is 27.4. The lowest BCUT2D eigenvalue weighted by molar-refractivity contribution is -0.125. The van der Waals surface area contributed by atoms with Crippen molar-refractivity contribution in [2.75, 3.05) is 30.3 Å². The summed E-state index contributed by atoms with van der Waals surface area (Å²) in [5.41, 5.74) is 0.933. The Labute approximate surface area is 168 Å². The highest BCUT2D eigenvalue weighted by molar-refractivity contribution is 7.99. The summed E-state index contributed by atoms with van der Waals surface area (Å²) in [6.07, 6.45) is 0.994. The number of benzene rings is 2. The maximum Gasteiger partial charge on any atom is 0.227 e. The molecule has 0 aliphatic carbocycles. The maximum absolute atomic E-state index is 12.8. The van der Waals surface area contributed by atoms with E-state index < -0.39 is 0 Å². The van der Waals surface area contributed by atoms with Gasteiger partial charge in [0.2, 0.25) is 11.8 Å². The molecule has 0 saturated heterocycles. The highest BCUT2D eigenvalue weighted by Crippen LogP contribution is 2.34. The predicted octanol–water partition coefficient (Wildman–Crippen LogP) is 3.63. The molecule has 0 atom stereocenters. The third-order valence-corrected chi connectivity index (χ3v) is 5.36. The van der Waals surface area contributed by atoms with Crippen LogP contribution in [0, 0.1) is 5.82 Å². The van der Waals surface area contributed by atoms with Gasteiger partial charge in [0.25, 0.3) is 0 Å². The number of carbonyl (C=O) groups excluding carboxylic acids is 2. The van der Waals surface area contributed by atoms with Crippen molar-refractivity contribution in [2.24, 2.45) is 0 Å². The molecule has 7 heteroatoms. The fraction of sp³-hybridized carbons (Fsp3) is 0.333. The molecule has 0 saturated carbocycles. The first kappa shape index (κ1) is 20.2. The molecule has 0 unspecified atom stereocenters. The summed E-state index contributed by atoms with van der Waals surface area (Å²) in [7, 11) is 0. The lowest BCUT2D eigenvalue weighted by atomic mass is 10.2. The number of halogens is 1. The van der Waals surface area contributed by atoms with Gasteiger partial charge in [0.15, 0.2) is 0 Å². The SMILES string of the molecule is O=C(CCC(=O)N1CCSc2ccccc21)NCCCOc1ccc(F)cc1. The average molecular weight is 402 g/mol. The average Bonchev–Trinajstić information content (AvgIpc) is 2.72. The van der Waals surface area contributed by atoms with Crippen LogP contribution in [0.15, 0.2) is 53.4 Å². The Hall–Kier alpha value is -2.54. The number of fused-ring (bicyclic) bond motifs is 1. The van der Waals surface area contributed by atoms with Gasteiger partial charge in [0, 0.05) is 36.6 Å². The van der Waals surface area contributed by atoms with E-state index in [0.717, 1.165) is 16.3 Å². The first-order valence-corrected chi connectivity index (χ1v) is 10.3. The number of ether oxygens (including phenoxy) is 1. The molecule has 5 nitrogen and oxygen atoms in total. The van der Waals surface area contributed by atoms with E-state index in [1.54, 1.807) is 28.8 Å². The van der Waals surface area contributed by atoms with Gasteiger partial charge < -0.3 is 15.0 Å². The Morgan fingerprint density at radius 2 is 1.89 bits per heavy atom. The largest absolute Gasteiger partial charge is 0.494 e. The molecular formula is C21H23FN2O3S. The molecule has 0 aromatic heterocycles. The molecule has 0 radical (unpaired) electrons. The topological polar surface area (TPSA) is 58.6 Å². The number of hydrogen-bond acceptors (Lipinski definition) is 4. The minimum Gasteiger partial charge on any atom is -0.494 e. The fourth-order valence-corrected chi connectivity index (χ4v) is 3.89. The molecule has 1 aliphatic heterocycles. The second kappa shape index (κ2) is 10.1. The highest BCUT2D eigenvalue weighted by atomic mass is 32.2. The van der Waals surface area contributed by atoms with Crippen LogP contribution >= 0.6 is 11.8 Å². The van der Waals surface area contributed by atoms with E-state index in [-0.39, 0.29) is 30.5 Å². The second-order valence-electron chi connectivity index (χ2n) is 6.37. The molecule has 28 heavy (non-hydrogen) atoms. The first-order valence-electron chi connectivity index (χ1n) is 9.31. The molecule has 0 bridgehead atoms. The van der Waals surface area contributed by atoms with Gasteiger partial charge in [-0.1, -0.05) is 12.1 Å². The number of nitrogens with one attached hydrogen (secondary N) is 1. The summed E-state index contributed by atoms with van der Waals surface area (Å²) in [6.45, 7) is 1.56. The Bertz CT molecular complexity index is 814. The van der Waals surface area contributed by atoms with Gasteiger partial charge in [-0.2, -0.15) is 0 Å². The molecule has 1 aliphatic rings. The minimum atomic E-state index is -0.305. The van der Waals surface area contributed by atoms with Crippen molar-refractivity contribution >= 4 is 29.3 Å². The van der Waals surface area contributed by atoms with Crippen LogP contribution in [0.5, 0.6) is 5.75 Å². The van der Waals surface area contributed by atoms with Crippen LogP contribution in [0.2, 0.25) is 0 Å².